The standard InChI is InChI=1S/C22H24F2N2O/c1-14(2)10-20(25)22(27)26-13-16(18-12-17(23)8-9-19(18)24)11-21(26)15-6-4-3-5-7-15/h3-9,11-12,14,20-21H,10,13,25H2,1-2H3/t20-,21-/m0/s1. The molecule has 27 heavy (non-hydrogen) atoms. The van der Waals surface area contributed by atoms with Crippen molar-refractivity contribution in [2.45, 2.75) is 32.4 Å². The van der Waals surface area contributed by atoms with E-state index in [1.165, 1.54) is 6.07 Å². The Hall–Kier alpha value is -2.53. The maximum atomic E-state index is 14.3. The predicted molar refractivity (Wildman–Crippen MR) is 103 cm³/mol. The van der Waals surface area contributed by atoms with E-state index in [1.54, 1.807) is 4.90 Å². The van der Waals surface area contributed by atoms with Crippen molar-refractivity contribution in [2.75, 3.05) is 6.54 Å². The zero-order valence-electron chi connectivity index (χ0n) is 15.5. The van der Waals surface area contributed by atoms with E-state index in [-0.39, 0.29) is 30.0 Å². The molecule has 1 amide bonds. The summed E-state index contributed by atoms with van der Waals surface area (Å²) in [5.74, 6) is -0.907. The van der Waals surface area contributed by atoms with Crippen LogP contribution in [-0.4, -0.2) is 23.4 Å². The van der Waals surface area contributed by atoms with Crippen LogP contribution in [0, 0.1) is 17.6 Å². The molecule has 0 radical (unpaired) electrons. The average Bonchev–Trinajstić information content (AvgIpc) is 3.08. The summed E-state index contributed by atoms with van der Waals surface area (Å²) in [6.45, 7) is 4.22. The van der Waals surface area contributed by atoms with Gasteiger partial charge in [0, 0.05) is 12.1 Å². The van der Waals surface area contributed by atoms with Crippen LogP contribution in [0.15, 0.2) is 54.6 Å². The van der Waals surface area contributed by atoms with Gasteiger partial charge >= 0.3 is 0 Å². The van der Waals surface area contributed by atoms with Gasteiger partial charge in [0.25, 0.3) is 0 Å². The van der Waals surface area contributed by atoms with Crippen molar-refractivity contribution in [3.63, 3.8) is 0 Å². The Bertz CT molecular complexity index is 849. The first-order valence-electron chi connectivity index (χ1n) is 9.14. The van der Waals surface area contributed by atoms with Crippen molar-refractivity contribution in [1.29, 1.82) is 0 Å². The van der Waals surface area contributed by atoms with Crippen LogP contribution in [0.1, 0.15) is 37.4 Å². The van der Waals surface area contributed by atoms with Crippen LogP contribution in [0.25, 0.3) is 5.57 Å². The van der Waals surface area contributed by atoms with E-state index >= 15 is 0 Å². The zero-order valence-corrected chi connectivity index (χ0v) is 15.5. The second-order valence-electron chi connectivity index (χ2n) is 7.37. The molecule has 0 aromatic heterocycles. The van der Waals surface area contributed by atoms with Crippen LogP contribution in [-0.2, 0) is 4.79 Å². The van der Waals surface area contributed by atoms with E-state index in [1.807, 2.05) is 50.3 Å². The minimum atomic E-state index is -0.624. The number of amides is 1. The molecule has 0 bridgehead atoms. The van der Waals surface area contributed by atoms with Gasteiger partial charge in [0.05, 0.1) is 12.1 Å². The van der Waals surface area contributed by atoms with Crippen molar-refractivity contribution in [1.82, 2.24) is 4.90 Å². The van der Waals surface area contributed by atoms with Gasteiger partial charge in [-0.2, -0.15) is 0 Å². The SMILES string of the molecule is CC(C)C[C@H](N)C(=O)N1CC(c2cc(F)ccc2F)=C[C@H]1c1ccccc1. The molecule has 0 fully saturated rings. The molecular weight excluding hydrogens is 346 g/mol. The second-order valence-corrected chi connectivity index (χ2v) is 7.37. The summed E-state index contributed by atoms with van der Waals surface area (Å²) in [7, 11) is 0. The lowest BCUT2D eigenvalue weighted by atomic mass is 10.0. The molecule has 2 aromatic carbocycles. The zero-order chi connectivity index (χ0) is 19.6. The number of nitrogens with zero attached hydrogens (tertiary/aromatic N) is 1. The highest BCUT2D eigenvalue weighted by atomic mass is 19.1. The third-order valence-corrected chi connectivity index (χ3v) is 4.78. The number of halogens is 2. The van der Waals surface area contributed by atoms with Gasteiger partial charge in [0.15, 0.2) is 0 Å². The maximum Gasteiger partial charge on any atom is 0.240 e. The van der Waals surface area contributed by atoms with Gasteiger partial charge in [-0.25, -0.2) is 8.78 Å². The smallest absolute Gasteiger partial charge is 0.240 e. The highest BCUT2D eigenvalue weighted by molar-refractivity contribution is 5.86. The third kappa shape index (κ3) is 4.25. The van der Waals surface area contributed by atoms with E-state index in [9.17, 15) is 13.6 Å². The molecule has 0 saturated heterocycles. The van der Waals surface area contributed by atoms with Gasteiger partial charge in [-0.3, -0.25) is 4.79 Å². The van der Waals surface area contributed by atoms with Gasteiger partial charge in [0.2, 0.25) is 5.91 Å². The van der Waals surface area contributed by atoms with E-state index in [2.05, 4.69) is 0 Å². The number of carbonyl (C=O) groups excluding carboxylic acids is 1. The van der Waals surface area contributed by atoms with Gasteiger partial charge in [-0.05, 0) is 41.7 Å². The minimum absolute atomic E-state index is 0.180. The molecule has 1 aliphatic rings. The summed E-state index contributed by atoms with van der Waals surface area (Å²) in [5, 5.41) is 0. The molecule has 1 aliphatic heterocycles. The predicted octanol–water partition coefficient (Wildman–Crippen LogP) is 4.31. The van der Waals surface area contributed by atoms with Crippen LogP contribution < -0.4 is 5.73 Å². The maximum absolute atomic E-state index is 14.3. The quantitative estimate of drug-likeness (QED) is 0.853. The number of nitrogens with two attached hydrogens (primary N) is 1. The molecule has 2 atom stereocenters. The van der Waals surface area contributed by atoms with Crippen LogP contribution in [0.2, 0.25) is 0 Å². The van der Waals surface area contributed by atoms with Crippen LogP contribution in [0.5, 0.6) is 0 Å². The lowest BCUT2D eigenvalue weighted by Gasteiger charge is -2.28. The van der Waals surface area contributed by atoms with E-state index in [4.69, 9.17) is 5.73 Å². The lowest BCUT2D eigenvalue weighted by Crippen LogP contribution is -2.44. The number of rotatable bonds is 5. The van der Waals surface area contributed by atoms with Gasteiger partial charge in [-0.15, -0.1) is 0 Å². The summed E-state index contributed by atoms with van der Waals surface area (Å²) in [5.41, 5.74) is 7.81. The van der Waals surface area contributed by atoms with E-state index < -0.39 is 17.7 Å². The fourth-order valence-corrected chi connectivity index (χ4v) is 3.50. The van der Waals surface area contributed by atoms with E-state index in [0.717, 1.165) is 17.7 Å². The molecule has 3 rings (SSSR count). The summed E-state index contributed by atoms with van der Waals surface area (Å²) in [4.78, 5) is 14.6. The van der Waals surface area contributed by atoms with Crippen LogP contribution >= 0.6 is 0 Å². The fraction of sp³-hybridized carbons (Fsp3) is 0.318. The summed E-state index contributed by atoms with van der Waals surface area (Å²) in [6.07, 6.45) is 2.40. The Morgan fingerprint density at radius 3 is 2.56 bits per heavy atom. The van der Waals surface area contributed by atoms with Crippen molar-refractivity contribution < 1.29 is 13.6 Å². The molecule has 2 N–H and O–H groups in total. The van der Waals surface area contributed by atoms with Gasteiger partial charge in [-0.1, -0.05) is 50.3 Å². The molecule has 0 aliphatic carbocycles. The van der Waals surface area contributed by atoms with E-state index in [0.29, 0.717) is 12.0 Å². The Morgan fingerprint density at radius 1 is 1.19 bits per heavy atom. The van der Waals surface area contributed by atoms with Gasteiger partial charge in [0.1, 0.15) is 11.6 Å². The average molecular weight is 370 g/mol. The number of benzene rings is 2. The first-order valence-corrected chi connectivity index (χ1v) is 9.14. The number of hydrogen-bond acceptors (Lipinski definition) is 2. The van der Waals surface area contributed by atoms with Crippen molar-refractivity contribution in [3.8, 4) is 0 Å². The highest BCUT2D eigenvalue weighted by Crippen LogP contribution is 2.36. The Labute approximate surface area is 158 Å². The normalized spacial score (nSPS) is 17.9. The van der Waals surface area contributed by atoms with Crippen molar-refractivity contribution in [2.24, 2.45) is 11.7 Å². The molecule has 3 nitrogen and oxygen atoms in total. The summed E-state index contributed by atoms with van der Waals surface area (Å²) in [6, 6.07) is 11.9. The highest BCUT2D eigenvalue weighted by Gasteiger charge is 2.34. The topological polar surface area (TPSA) is 46.3 Å². The molecule has 0 spiro atoms. The number of carbonyl (C=O) groups is 1. The van der Waals surface area contributed by atoms with Crippen molar-refractivity contribution in [3.05, 3.63) is 77.4 Å². The van der Waals surface area contributed by atoms with Crippen LogP contribution in [0.3, 0.4) is 0 Å². The van der Waals surface area contributed by atoms with Crippen molar-refractivity contribution >= 4 is 11.5 Å². The Balaban J connectivity index is 1.97. The first-order chi connectivity index (χ1) is 12.9. The van der Waals surface area contributed by atoms with Gasteiger partial charge < -0.3 is 10.6 Å². The third-order valence-electron chi connectivity index (χ3n) is 4.78. The summed E-state index contributed by atoms with van der Waals surface area (Å²) >= 11 is 0. The summed E-state index contributed by atoms with van der Waals surface area (Å²) < 4.78 is 27.9. The molecule has 0 unspecified atom stereocenters. The molecule has 2 aromatic rings. The largest absolute Gasteiger partial charge is 0.326 e. The molecule has 1 heterocycles. The molecule has 5 heteroatoms. The molecule has 142 valence electrons. The molecular formula is C22H24F2N2O. The Kier molecular flexibility index (Phi) is 5.71. The Morgan fingerprint density at radius 2 is 1.89 bits per heavy atom. The minimum Gasteiger partial charge on any atom is -0.326 e. The lowest BCUT2D eigenvalue weighted by molar-refractivity contribution is -0.133. The number of hydrogen-bond donors (Lipinski definition) is 1. The first kappa shape index (κ1) is 19.2. The second kappa shape index (κ2) is 8.01. The monoisotopic (exact) mass is 370 g/mol. The van der Waals surface area contributed by atoms with Crippen LogP contribution in [0.4, 0.5) is 8.78 Å². The fourth-order valence-electron chi connectivity index (χ4n) is 3.50. The molecule has 0 saturated carbocycles.